The van der Waals surface area contributed by atoms with Crippen LogP contribution in [0.3, 0.4) is 0 Å². The summed E-state index contributed by atoms with van der Waals surface area (Å²) in [7, 11) is 0. The molecule has 1 N–H and O–H groups in total. The van der Waals surface area contributed by atoms with Crippen molar-refractivity contribution < 1.29 is 14.3 Å². The van der Waals surface area contributed by atoms with Gasteiger partial charge < -0.3 is 14.8 Å². The van der Waals surface area contributed by atoms with Gasteiger partial charge in [0, 0.05) is 18.7 Å². The molecule has 0 aromatic heterocycles. The van der Waals surface area contributed by atoms with Gasteiger partial charge in [-0.15, -0.1) is 0 Å². The van der Waals surface area contributed by atoms with E-state index in [0.717, 1.165) is 13.0 Å². The second-order valence-electron chi connectivity index (χ2n) is 4.16. The minimum absolute atomic E-state index is 0.00644. The molecule has 88 valence electrons. The summed E-state index contributed by atoms with van der Waals surface area (Å²) in [5.74, 6) is -0.139. The molecule has 0 radical (unpaired) electrons. The van der Waals surface area contributed by atoms with E-state index in [9.17, 15) is 4.79 Å². The molecule has 4 heteroatoms. The number of carbonyl (C=O) groups excluding carboxylic acids is 1. The zero-order valence-electron chi connectivity index (χ0n) is 9.84. The van der Waals surface area contributed by atoms with Gasteiger partial charge in [-0.05, 0) is 27.2 Å². The SMILES string of the molecule is CCOC(=O)CCNC1(C)CCOC1C. The molecule has 1 saturated heterocycles. The highest BCUT2D eigenvalue weighted by atomic mass is 16.5. The Bertz CT molecular complexity index is 220. The largest absolute Gasteiger partial charge is 0.466 e. The van der Waals surface area contributed by atoms with Gasteiger partial charge >= 0.3 is 5.97 Å². The standard InChI is InChI=1S/C11H21NO3/c1-4-14-10(13)5-7-12-11(3)6-8-15-9(11)2/h9,12H,4-8H2,1-3H3. The maximum Gasteiger partial charge on any atom is 0.307 e. The van der Waals surface area contributed by atoms with Crippen molar-refractivity contribution in [2.45, 2.75) is 45.3 Å². The molecule has 4 nitrogen and oxygen atoms in total. The third kappa shape index (κ3) is 3.47. The van der Waals surface area contributed by atoms with Crippen LogP contribution >= 0.6 is 0 Å². The predicted molar refractivity (Wildman–Crippen MR) is 57.7 cm³/mol. The van der Waals surface area contributed by atoms with Gasteiger partial charge in [0.25, 0.3) is 0 Å². The molecule has 1 aliphatic rings. The molecule has 1 rings (SSSR count). The predicted octanol–water partition coefficient (Wildman–Crippen LogP) is 1.10. The van der Waals surface area contributed by atoms with E-state index in [-0.39, 0.29) is 17.6 Å². The molecule has 0 saturated carbocycles. The van der Waals surface area contributed by atoms with E-state index in [2.05, 4.69) is 19.2 Å². The van der Waals surface area contributed by atoms with Crippen LogP contribution in [0.1, 0.15) is 33.6 Å². The lowest BCUT2D eigenvalue weighted by atomic mass is 9.94. The molecule has 0 bridgehead atoms. The van der Waals surface area contributed by atoms with Crippen LogP contribution < -0.4 is 5.32 Å². The molecule has 2 unspecified atom stereocenters. The van der Waals surface area contributed by atoms with E-state index < -0.39 is 0 Å². The lowest BCUT2D eigenvalue weighted by molar-refractivity contribution is -0.143. The van der Waals surface area contributed by atoms with Crippen LogP contribution in [-0.4, -0.2) is 37.4 Å². The van der Waals surface area contributed by atoms with Gasteiger partial charge in [0.05, 0.1) is 19.1 Å². The Balaban J connectivity index is 2.22. The number of nitrogens with one attached hydrogen (secondary N) is 1. The van der Waals surface area contributed by atoms with Crippen LogP contribution in [0.2, 0.25) is 0 Å². The highest BCUT2D eigenvalue weighted by Gasteiger charge is 2.36. The fourth-order valence-corrected chi connectivity index (χ4v) is 1.75. The lowest BCUT2D eigenvalue weighted by Gasteiger charge is -2.28. The van der Waals surface area contributed by atoms with E-state index >= 15 is 0 Å². The van der Waals surface area contributed by atoms with Crippen molar-refractivity contribution in [3.8, 4) is 0 Å². The second kappa shape index (κ2) is 5.47. The molecule has 0 spiro atoms. The molecule has 0 amide bonds. The van der Waals surface area contributed by atoms with Gasteiger partial charge in [0.2, 0.25) is 0 Å². The Morgan fingerprint density at radius 2 is 2.40 bits per heavy atom. The van der Waals surface area contributed by atoms with Crippen molar-refractivity contribution in [2.75, 3.05) is 19.8 Å². The number of carbonyl (C=O) groups is 1. The number of hydrogen-bond acceptors (Lipinski definition) is 4. The number of rotatable bonds is 5. The summed E-state index contributed by atoms with van der Waals surface area (Å²) in [5, 5.41) is 3.37. The quantitative estimate of drug-likeness (QED) is 0.698. The first-order chi connectivity index (χ1) is 7.08. The Morgan fingerprint density at radius 1 is 1.67 bits per heavy atom. The molecule has 2 atom stereocenters. The summed E-state index contributed by atoms with van der Waals surface area (Å²) < 4.78 is 10.4. The van der Waals surface area contributed by atoms with Crippen molar-refractivity contribution >= 4 is 5.97 Å². The summed E-state index contributed by atoms with van der Waals surface area (Å²) in [4.78, 5) is 11.1. The van der Waals surface area contributed by atoms with Gasteiger partial charge in [-0.1, -0.05) is 0 Å². The van der Waals surface area contributed by atoms with Gasteiger partial charge in [-0.25, -0.2) is 0 Å². The maximum atomic E-state index is 11.1. The Kier molecular flexibility index (Phi) is 4.54. The molecule has 0 aliphatic carbocycles. The second-order valence-corrected chi connectivity index (χ2v) is 4.16. The average Bonchev–Trinajstić information content (AvgIpc) is 2.48. The summed E-state index contributed by atoms with van der Waals surface area (Å²) >= 11 is 0. The zero-order valence-corrected chi connectivity index (χ0v) is 9.84. The van der Waals surface area contributed by atoms with Crippen LogP contribution in [0.4, 0.5) is 0 Å². The van der Waals surface area contributed by atoms with Gasteiger partial charge in [0.1, 0.15) is 0 Å². The van der Waals surface area contributed by atoms with Crippen molar-refractivity contribution in [2.24, 2.45) is 0 Å². The van der Waals surface area contributed by atoms with E-state index in [1.807, 2.05) is 6.92 Å². The Morgan fingerprint density at radius 3 is 2.93 bits per heavy atom. The van der Waals surface area contributed by atoms with Crippen LogP contribution in [0.15, 0.2) is 0 Å². The maximum absolute atomic E-state index is 11.1. The van der Waals surface area contributed by atoms with Crippen LogP contribution in [0.25, 0.3) is 0 Å². The summed E-state index contributed by atoms with van der Waals surface area (Å²) in [6.45, 7) is 7.92. The average molecular weight is 215 g/mol. The number of ether oxygens (including phenoxy) is 2. The van der Waals surface area contributed by atoms with Crippen molar-refractivity contribution in [1.29, 1.82) is 0 Å². The summed E-state index contributed by atoms with van der Waals surface area (Å²) in [6, 6.07) is 0. The molecule has 0 aromatic carbocycles. The molecular formula is C11H21NO3. The normalized spacial score (nSPS) is 30.5. The molecule has 1 fully saturated rings. The molecule has 15 heavy (non-hydrogen) atoms. The van der Waals surface area contributed by atoms with Crippen molar-refractivity contribution in [3.05, 3.63) is 0 Å². The van der Waals surface area contributed by atoms with Crippen LogP contribution in [0, 0.1) is 0 Å². The third-order valence-corrected chi connectivity index (χ3v) is 3.05. The first-order valence-corrected chi connectivity index (χ1v) is 5.61. The Labute approximate surface area is 91.3 Å². The fourth-order valence-electron chi connectivity index (χ4n) is 1.75. The first kappa shape index (κ1) is 12.5. The molecule has 0 aromatic rings. The van der Waals surface area contributed by atoms with Crippen LogP contribution in [-0.2, 0) is 14.3 Å². The summed E-state index contributed by atoms with van der Waals surface area (Å²) in [6.07, 6.45) is 1.63. The summed E-state index contributed by atoms with van der Waals surface area (Å²) in [5.41, 5.74) is 0.00644. The number of hydrogen-bond donors (Lipinski definition) is 1. The van der Waals surface area contributed by atoms with E-state index in [4.69, 9.17) is 9.47 Å². The van der Waals surface area contributed by atoms with E-state index in [0.29, 0.717) is 19.6 Å². The molecular weight excluding hydrogens is 194 g/mol. The minimum atomic E-state index is -0.139. The van der Waals surface area contributed by atoms with E-state index in [1.165, 1.54) is 0 Å². The monoisotopic (exact) mass is 215 g/mol. The van der Waals surface area contributed by atoms with Crippen molar-refractivity contribution in [3.63, 3.8) is 0 Å². The van der Waals surface area contributed by atoms with Crippen molar-refractivity contribution in [1.82, 2.24) is 5.32 Å². The lowest BCUT2D eigenvalue weighted by Crippen LogP contribution is -2.48. The van der Waals surface area contributed by atoms with E-state index in [1.54, 1.807) is 0 Å². The Hall–Kier alpha value is -0.610. The van der Waals surface area contributed by atoms with Crippen LogP contribution in [0.5, 0.6) is 0 Å². The third-order valence-electron chi connectivity index (χ3n) is 3.05. The smallest absolute Gasteiger partial charge is 0.307 e. The minimum Gasteiger partial charge on any atom is -0.466 e. The fraction of sp³-hybridized carbons (Fsp3) is 0.909. The molecule has 1 heterocycles. The van der Waals surface area contributed by atoms with Gasteiger partial charge in [-0.2, -0.15) is 0 Å². The topological polar surface area (TPSA) is 47.6 Å². The molecule has 1 aliphatic heterocycles. The van der Waals surface area contributed by atoms with Gasteiger partial charge in [-0.3, -0.25) is 4.79 Å². The first-order valence-electron chi connectivity index (χ1n) is 5.61. The zero-order chi connectivity index (χ0) is 11.3. The highest BCUT2D eigenvalue weighted by Crippen LogP contribution is 2.24. The number of esters is 1. The highest BCUT2D eigenvalue weighted by molar-refractivity contribution is 5.69. The van der Waals surface area contributed by atoms with Gasteiger partial charge in [0.15, 0.2) is 0 Å².